The second-order valence-corrected chi connectivity index (χ2v) is 7.38. The van der Waals surface area contributed by atoms with Crippen LogP contribution in [0.2, 0.25) is 0 Å². The number of fused-ring (bicyclic) bond motifs is 1. The number of aromatic nitrogens is 1. The maximum atomic E-state index is 12.5. The van der Waals surface area contributed by atoms with Gasteiger partial charge in [-0.25, -0.2) is 4.79 Å². The number of nitrogens with zero attached hydrogens (tertiary/aromatic N) is 2. The van der Waals surface area contributed by atoms with Crippen molar-refractivity contribution in [2.75, 3.05) is 12.9 Å². The molecule has 0 atom stereocenters. The van der Waals surface area contributed by atoms with Gasteiger partial charge in [0.1, 0.15) is 0 Å². The Morgan fingerprint density at radius 3 is 2.73 bits per heavy atom. The predicted octanol–water partition coefficient (Wildman–Crippen LogP) is 3.88. The van der Waals surface area contributed by atoms with Gasteiger partial charge >= 0.3 is 5.97 Å². The maximum Gasteiger partial charge on any atom is 0.338 e. The van der Waals surface area contributed by atoms with Crippen molar-refractivity contribution in [1.29, 1.82) is 0 Å². The summed E-state index contributed by atoms with van der Waals surface area (Å²) in [5.41, 5.74) is 1.96. The number of thioether (sulfide) groups is 1. The quantitative estimate of drug-likeness (QED) is 0.504. The molecule has 3 aromatic rings. The van der Waals surface area contributed by atoms with Gasteiger partial charge in [-0.1, -0.05) is 17.4 Å². The van der Waals surface area contributed by atoms with E-state index in [1.54, 1.807) is 36.9 Å². The van der Waals surface area contributed by atoms with Gasteiger partial charge in [0.15, 0.2) is 4.80 Å². The Hall–Kier alpha value is -2.38. The fourth-order valence-electron chi connectivity index (χ4n) is 2.49. The van der Waals surface area contributed by atoms with E-state index in [2.05, 4.69) is 4.99 Å². The normalized spacial score (nSPS) is 11.7. The Labute approximate surface area is 159 Å². The largest absolute Gasteiger partial charge is 0.462 e. The van der Waals surface area contributed by atoms with Crippen molar-refractivity contribution in [3.8, 4) is 0 Å². The number of hydrogen-bond donors (Lipinski definition) is 0. The van der Waals surface area contributed by atoms with Crippen LogP contribution in [0.1, 0.15) is 27.6 Å². The zero-order chi connectivity index (χ0) is 18.7. The molecule has 1 aromatic heterocycles. The number of ether oxygens (including phenoxy) is 1. The standard InChI is InChI=1S/C19H18N2O3S2/c1-4-24-18(23)13-8-9-15-16(11-13)26-19(21(15)2)20-17(22)12-6-5-7-14(10-12)25-3/h5-11H,4H2,1-3H3. The lowest BCUT2D eigenvalue weighted by Crippen LogP contribution is -2.13. The summed E-state index contributed by atoms with van der Waals surface area (Å²) in [5, 5.41) is 0. The van der Waals surface area contributed by atoms with E-state index in [1.165, 1.54) is 11.3 Å². The summed E-state index contributed by atoms with van der Waals surface area (Å²) >= 11 is 2.95. The van der Waals surface area contributed by atoms with Crippen LogP contribution < -0.4 is 4.80 Å². The van der Waals surface area contributed by atoms with E-state index in [4.69, 9.17) is 4.74 Å². The molecule has 3 rings (SSSR count). The van der Waals surface area contributed by atoms with Crippen molar-refractivity contribution >= 4 is 45.2 Å². The van der Waals surface area contributed by atoms with Gasteiger partial charge in [-0.2, -0.15) is 4.99 Å². The van der Waals surface area contributed by atoms with Crippen LogP contribution in [0.3, 0.4) is 0 Å². The molecule has 1 heterocycles. The molecule has 134 valence electrons. The molecule has 0 aliphatic carbocycles. The molecule has 7 heteroatoms. The van der Waals surface area contributed by atoms with Crippen LogP contribution in [0.15, 0.2) is 52.4 Å². The lowest BCUT2D eigenvalue weighted by molar-refractivity contribution is 0.0526. The van der Waals surface area contributed by atoms with Gasteiger partial charge in [-0.15, -0.1) is 11.8 Å². The summed E-state index contributed by atoms with van der Waals surface area (Å²) in [7, 11) is 1.85. The summed E-state index contributed by atoms with van der Waals surface area (Å²) in [6.07, 6.45) is 1.97. The van der Waals surface area contributed by atoms with Gasteiger partial charge in [-0.05, 0) is 49.6 Å². The summed E-state index contributed by atoms with van der Waals surface area (Å²) in [4.78, 5) is 30.3. The van der Waals surface area contributed by atoms with Gasteiger partial charge in [0, 0.05) is 17.5 Å². The minimum Gasteiger partial charge on any atom is -0.462 e. The lowest BCUT2D eigenvalue weighted by atomic mass is 10.2. The van der Waals surface area contributed by atoms with Crippen LogP contribution in [0.25, 0.3) is 10.2 Å². The molecule has 0 radical (unpaired) electrons. The SMILES string of the molecule is CCOC(=O)c1ccc2c(c1)sc(=NC(=O)c1cccc(SC)c1)n2C. The van der Waals surface area contributed by atoms with Crippen molar-refractivity contribution in [2.45, 2.75) is 11.8 Å². The number of rotatable bonds is 4. The number of amides is 1. The molecule has 0 saturated carbocycles. The highest BCUT2D eigenvalue weighted by Gasteiger charge is 2.11. The fourth-order valence-corrected chi connectivity index (χ4v) is 4.00. The Kier molecular flexibility index (Phi) is 5.58. The Morgan fingerprint density at radius 2 is 2.00 bits per heavy atom. The highest BCUT2D eigenvalue weighted by Crippen LogP contribution is 2.20. The minimum atomic E-state index is -0.353. The van der Waals surface area contributed by atoms with Crippen LogP contribution in [0.5, 0.6) is 0 Å². The average molecular weight is 386 g/mol. The monoisotopic (exact) mass is 386 g/mol. The summed E-state index contributed by atoms with van der Waals surface area (Å²) in [6.45, 7) is 2.11. The maximum absolute atomic E-state index is 12.5. The first-order valence-electron chi connectivity index (χ1n) is 8.03. The van der Waals surface area contributed by atoms with E-state index in [1.807, 2.05) is 42.1 Å². The van der Waals surface area contributed by atoms with E-state index >= 15 is 0 Å². The van der Waals surface area contributed by atoms with Crippen molar-refractivity contribution in [3.63, 3.8) is 0 Å². The first-order chi connectivity index (χ1) is 12.5. The molecule has 2 aromatic carbocycles. The van der Waals surface area contributed by atoms with Crippen molar-refractivity contribution in [1.82, 2.24) is 4.57 Å². The van der Waals surface area contributed by atoms with Crippen LogP contribution in [0, 0.1) is 0 Å². The van der Waals surface area contributed by atoms with Crippen molar-refractivity contribution in [2.24, 2.45) is 12.0 Å². The Bertz CT molecular complexity index is 1050. The average Bonchev–Trinajstić information content (AvgIpc) is 2.97. The van der Waals surface area contributed by atoms with Gasteiger partial charge in [0.2, 0.25) is 0 Å². The second-order valence-electron chi connectivity index (χ2n) is 5.50. The number of hydrogen-bond acceptors (Lipinski definition) is 5. The molecule has 1 amide bonds. The fraction of sp³-hybridized carbons (Fsp3) is 0.211. The number of thiazole rings is 1. The summed E-state index contributed by atoms with van der Waals surface area (Å²) in [5.74, 6) is -0.637. The van der Waals surface area contributed by atoms with E-state index in [-0.39, 0.29) is 11.9 Å². The number of aryl methyl sites for hydroxylation is 1. The van der Waals surface area contributed by atoms with E-state index in [9.17, 15) is 9.59 Å². The predicted molar refractivity (Wildman–Crippen MR) is 105 cm³/mol. The molecule has 0 spiro atoms. The number of carbonyl (C=O) groups excluding carboxylic acids is 2. The third-order valence-corrected chi connectivity index (χ3v) is 5.65. The van der Waals surface area contributed by atoms with E-state index in [0.29, 0.717) is 22.5 Å². The first-order valence-corrected chi connectivity index (χ1v) is 10.1. The molecule has 5 nitrogen and oxygen atoms in total. The molecule has 0 N–H and O–H groups in total. The van der Waals surface area contributed by atoms with Crippen molar-refractivity contribution in [3.05, 3.63) is 58.4 Å². The Balaban J connectivity index is 2.01. The van der Waals surface area contributed by atoms with Gasteiger partial charge in [0.05, 0.1) is 22.4 Å². The number of benzene rings is 2. The minimum absolute atomic E-state index is 0.284. The van der Waals surface area contributed by atoms with E-state index < -0.39 is 0 Å². The molecular weight excluding hydrogens is 368 g/mol. The molecule has 0 fully saturated rings. The highest BCUT2D eigenvalue weighted by atomic mass is 32.2. The molecule has 26 heavy (non-hydrogen) atoms. The molecule has 0 saturated heterocycles. The zero-order valence-corrected chi connectivity index (χ0v) is 16.3. The zero-order valence-electron chi connectivity index (χ0n) is 14.7. The smallest absolute Gasteiger partial charge is 0.338 e. The molecule has 0 aliphatic heterocycles. The summed E-state index contributed by atoms with van der Waals surface area (Å²) < 4.78 is 7.77. The summed E-state index contributed by atoms with van der Waals surface area (Å²) in [6, 6.07) is 12.7. The second kappa shape index (κ2) is 7.88. The molecule has 0 unspecified atom stereocenters. The Morgan fingerprint density at radius 1 is 1.19 bits per heavy atom. The van der Waals surface area contributed by atoms with Crippen LogP contribution in [-0.2, 0) is 11.8 Å². The lowest BCUT2D eigenvalue weighted by Gasteiger charge is -2.01. The number of esters is 1. The van der Waals surface area contributed by atoms with Crippen LogP contribution in [-0.4, -0.2) is 29.3 Å². The first kappa shape index (κ1) is 18.4. The number of carbonyl (C=O) groups is 2. The topological polar surface area (TPSA) is 60.7 Å². The highest BCUT2D eigenvalue weighted by molar-refractivity contribution is 7.98. The molecular formula is C19H18N2O3S2. The molecule has 0 bridgehead atoms. The molecule has 0 aliphatic rings. The van der Waals surface area contributed by atoms with Gasteiger partial charge in [0.25, 0.3) is 5.91 Å². The third kappa shape index (κ3) is 3.73. The van der Waals surface area contributed by atoms with Crippen LogP contribution >= 0.6 is 23.1 Å². The van der Waals surface area contributed by atoms with E-state index in [0.717, 1.165) is 15.1 Å². The van der Waals surface area contributed by atoms with Crippen LogP contribution in [0.4, 0.5) is 0 Å². The third-order valence-electron chi connectivity index (χ3n) is 3.83. The van der Waals surface area contributed by atoms with Gasteiger partial charge < -0.3 is 9.30 Å². The van der Waals surface area contributed by atoms with Crippen molar-refractivity contribution < 1.29 is 14.3 Å². The van der Waals surface area contributed by atoms with Gasteiger partial charge in [-0.3, -0.25) is 4.79 Å².